The molecule has 1 aromatic rings. The van der Waals surface area contributed by atoms with Crippen molar-refractivity contribution in [2.24, 2.45) is 11.7 Å². The Balaban J connectivity index is 2.03. The van der Waals surface area contributed by atoms with Gasteiger partial charge in [-0.05, 0) is 43.0 Å². The quantitative estimate of drug-likeness (QED) is 0.893. The van der Waals surface area contributed by atoms with Crippen LogP contribution < -0.4 is 11.1 Å². The second kappa shape index (κ2) is 5.84. The molecule has 2 unspecified atom stereocenters. The van der Waals surface area contributed by atoms with E-state index in [4.69, 9.17) is 5.73 Å². The van der Waals surface area contributed by atoms with Gasteiger partial charge in [-0.1, -0.05) is 6.42 Å². The first-order chi connectivity index (χ1) is 9.72. The van der Waals surface area contributed by atoms with Crippen molar-refractivity contribution in [3.05, 3.63) is 24.3 Å². The van der Waals surface area contributed by atoms with E-state index in [9.17, 15) is 21.6 Å². The summed E-state index contributed by atoms with van der Waals surface area (Å²) in [5.41, 5.74) is 1.23. The summed E-state index contributed by atoms with van der Waals surface area (Å²) in [4.78, 5) is -0.752. The van der Waals surface area contributed by atoms with Crippen LogP contribution in [-0.4, -0.2) is 26.5 Å². The van der Waals surface area contributed by atoms with Crippen LogP contribution in [0.5, 0.6) is 0 Å². The van der Waals surface area contributed by atoms with Gasteiger partial charge in [-0.3, -0.25) is 0 Å². The minimum Gasteiger partial charge on any atom is -0.385 e. The highest BCUT2D eigenvalue weighted by Gasteiger charge is 2.46. The van der Waals surface area contributed by atoms with Gasteiger partial charge in [0.1, 0.15) is 0 Å². The molecule has 8 heteroatoms. The molecule has 21 heavy (non-hydrogen) atoms. The van der Waals surface area contributed by atoms with E-state index in [1.165, 1.54) is 12.1 Å². The first-order valence-electron chi connectivity index (χ1n) is 6.62. The molecule has 0 radical (unpaired) electrons. The monoisotopic (exact) mass is 322 g/mol. The lowest BCUT2D eigenvalue weighted by atomic mass is 10.0. The smallest absolute Gasteiger partial charge is 0.385 e. The molecule has 0 aromatic heterocycles. The van der Waals surface area contributed by atoms with Crippen LogP contribution >= 0.6 is 0 Å². The molecule has 1 aliphatic carbocycles. The molecule has 2 rings (SSSR count). The van der Waals surface area contributed by atoms with Crippen LogP contribution in [-0.2, 0) is 9.84 Å². The van der Waals surface area contributed by atoms with Crippen LogP contribution in [0.3, 0.4) is 0 Å². The summed E-state index contributed by atoms with van der Waals surface area (Å²) in [5, 5.41) is 3.08. The molecule has 4 nitrogen and oxygen atoms in total. The standard InChI is InChI=1S/C13H17F3N2O2S/c14-13(15,16)21(19,20)11-6-4-10(5-7-11)18-8-9-2-1-3-12(9)17/h4-7,9,12,18H,1-3,8,17H2. The molecular formula is C13H17F3N2O2S. The maximum Gasteiger partial charge on any atom is 0.501 e. The second-order valence-electron chi connectivity index (χ2n) is 5.21. The maximum atomic E-state index is 12.4. The van der Waals surface area contributed by atoms with Gasteiger partial charge in [-0.25, -0.2) is 8.42 Å². The summed E-state index contributed by atoms with van der Waals surface area (Å²) >= 11 is 0. The highest BCUT2D eigenvalue weighted by molar-refractivity contribution is 7.92. The van der Waals surface area contributed by atoms with Crippen molar-refractivity contribution in [1.82, 2.24) is 0 Å². The van der Waals surface area contributed by atoms with Crippen LogP contribution in [0.15, 0.2) is 29.2 Å². The molecule has 0 amide bonds. The van der Waals surface area contributed by atoms with Gasteiger partial charge in [0.2, 0.25) is 0 Å². The Morgan fingerprint density at radius 1 is 1.19 bits per heavy atom. The molecule has 0 aliphatic heterocycles. The molecule has 0 saturated heterocycles. The summed E-state index contributed by atoms with van der Waals surface area (Å²) < 4.78 is 59.6. The average molecular weight is 322 g/mol. The van der Waals surface area contributed by atoms with Crippen LogP contribution in [0.25, 0.3) is 0 Å². The fraction of sp³-hybridized carbons (Fsp3) is 0.538. The van der Waals surface area contributed by atoms with E-state index >= 15 is 0 Å². The third-order valence-corrected chi connectivity index (χ3v) is 5.26. The summed E-state index contributed by atoms with van der Waals surface area (Å²) in [7, 11) is -5.28. The van der Waals surface area contributed by atoms with Gasteiger partial charge in [0.25, 0.3) is 9.84 Å². The molecule has 0 heterocycles. The highest BCUT2D eigenvalue weighted by Crippen LogP contribution is 2.31. The molecule has 1 saturated carbocycles. The lowest BCUT2D eigenvalue weighted by Crippen LogP contribution is -2.29. The number of hydrogen-bond acceptors (Lipinski definition) is 4. The Labute approximate surface area is 121 Å². The zero-order valence-corrected chi connectivity index (χ0v) is 12.0. The maximum absolute atomic E-state index is 12.4. The average Bonchev–Trinajstić information content (AvgIpc) is 2.81. The Morgan fingerprint density at radius 3 is 2.29 bits per heavy atom. The van der Waals surface area contributed by atoms with E-state index in [0.29, 0.717) is 18.2 Å². The summed E-state index contributed by atoms with van der Waals surface area (Å²) in [5.74, 6) is 0.337. The van der Waals surface area contributed by atoms with Crippen molar-refractivity contribution >= 4 is 15.5 Å². The minimum atomic E-state index is -5.28. The number of benzene rings is 1. The van der Waals surface area contributed by atoms with E-state index in [1.54, 1.807) is 0 Å². The lowest BCUT2D eigenvalue weighted by molar-refractivity contribution is -0.0436. The summed E-state index contributed by atoms with van der Waals surface area (Å²) in [6.45, 7) is 0.631. The molecular weight excluding hydrogens is 305 g/mol. The molecule has 1 aromatic carbocycles. The largest absolute Gasteiger partial charge is 0.501 e. The van der Waals surface area contributed by atoms with Gasteiger partial charge in [0.05, 0.1) is 4.90 Å². The van der Waals surface area contributed by atoms with Crippen LogP contribution in [0.1, 0.15) is 19.3 Å². The van der Waals surface area contributed by atoms with Crippen molar-refractivity contribution in [2.75, 3.05) is 11.9 Å². The van der Waals surface area contributed by atoms with Crippen molar-refractivity contribution in [3.8, 4) is 0 Å². The number of anilines is 1. The van der Waals surface area contributed by atoms with E-state index < -0.39 is 20.2 Å². The van der Waals surface area contributed by atoms with Crippen LogP contribution in [0, 0.1) is 5.92 Å². The van der Waals surface area contributed by atoms with Gasteiger partial charge < -0.3 is 11.1 Å². The predicted molar refractivity (Wildman–Crippen MR) is 73.5 cm³/mol. The zero-order chi connectivity index (χ0) is 15.7. The molecule has 118 valence electrons. The molecule has 1 aliphatic rings. The van der Waals surface area contributed by atoms with Crippen molar-refractivity contribution in [3.63, 3.8) is 0 Å². The first kappa shape index (κ1) is 16.1. The van der Waals surface area contributed by atoms with E-state index in [0.717, 1.165) is 31.4 Å². The number of hydrogen-bond donors (Lipinski definition) is 2. The minimum absolute atomic E-state index is 0.141. The summed E-state index contributed by atoms with van der Waals surface area (Å²) in [6, 6.07) is 4.72. The summed E-state index contributed by atoms with van der Waals surface area (Å²) in [6.07, 6.45) is 3.08. The first-order valence-corrected chi connectivity index (χ1v) is 8.11. The Hall–Kier alpha value is -1.28. The Kier molecular flexibility index (Phi) is 4.48. The fourth-order valence-corrected chi connectivity index (χ4v) is 3.22. The normalized spacial score (nSPS) is 23.2. The number of nitrogens with two attached hydrogens (primary N) is 1. The zero-order valence-electron chi connectivity index (χ0n) is 11.2. The van der Waals surface area contributed by atoms with E-state index in [-0.39, 0.29) is 6.04 Å². The number of rotatable bonds is 4. The SMILES string of the molecule is NC1CCCC1CNc1ccc(S(=O)(=O)C(F)(F)F)cc1. The molecule has 0 spiro atoms. The van der Waals surface area contributed by atoms with E-state index in [2.05, 4.69) is 5.32 Å². The topological polar surface area (TPSA) is 72.2 Å². The van der Waals surface area contributed by atoms with Crippen molar-refractivity contribution < 1.29 is 21.6 Å². The van der Waals surface area contributed by atoms with Gasteiger partial charge >= 0.3 is 5.51 Å². The van der Waals surface area contributed by atoms with Gasteiger partial charge in [0, 0.05) is 18.3 Å². The van der Waals surface area contributed by atoms with Crippen LogP contribution in [0.4, 0.5) is 18.9 Å². The number of sulfone groups is 1. The predicted octanol–water partition coefficient (Wildman–Crippen LogP) is 2.52. The number of halogens is 3. The Bertz CT molecular complexity index is 584. The molecule has 1 fully saturated rings. The second-order valence-corrected chi connectivity index (χ2v) is 7.15. The molecule has 3 N–H and O–H groups in total. The van der Waals surface area contributed by atoms with Gasteiger partial charge in [-0.15, -0.1) is 0 Å². The Morgan fingerprint density at radius 2 is 1.81 bits per heavy atom. The highest BCUT2D eigenvalue weighted by atomic mass is 32.2. The molecule has 0 bridgehead atoms. The van der Waals surface area contributed by atoms with Crippen LogP contribution in [0.2, 0.25) is 0 Å². The number of nitrogens with one attached hydrogen (secondary N) is 1. The number of alkyl halides is 3. The van der Waals surface area contributed by atoms with E-state index in [1.807, 2.05) is 0 Å². The van der Waals surface area contributed by atoms with Gasteiger partial charge in [0.15, 0.2) is 0 Å². The van der Waals surface area contributed by atoms with Gasteiger partial charge in [-0.2, -0.15) is 13.2 Å². The van der Waals surface area contributed by atoms with Crippen molar-refractivity contribution in [2.45, 2.75) is 35.7 Å². The van der Waals surface area contributed by atoms with Crippen molar-refractivity contribution in [1.29, 1.82) is 0 Å². The third kappa shape index (κ3) is 3.49. The molecule has 2 atom stereocenters. The lowest BCUT2D eigenvalue weighted by Gasteiger charge is -2.17. The fourth-order valence-electron chi connectivity index (χ4n) is 2.45. The third-order valence-electron chi connectivity index (χ3n) is 3.76.